The standard InChI is InChI=1S/C24H20BrN3O4/c1-16-4-2-5-18(12-16)23(30)26-15-22(29)28-27-14-17-8-10-21(11-9-17)32-24(31)19-6-3-7-20(25)13-19/h2-14H,15H2,1H3,(H,26,30)(H,28,29)/b27-14+. The maximum atomic E-state index is 12.2. The number of carbonyl (C=O) groups is 3. The van der Waals surface area contributed by atoms with Crippen LogP contribution in [0.4, 0.5) is 0 Å². The van der Waals surface area contributed by atoms with Gasteiger partial charge in [-0.15, -0.1) is 0 Å². The Labute approximate surface area is 193 Å². The minimum atomic E-state index is -0.465. The molecule has 0 aliphatic heterocycles. The number of ether oxygens (including phenoxy) is 1. The first-order valence-electron chi connectivity index (χ1n) is 9.65. The molecular weight excluding hydrogens is 474 g/mol. The molecule has 0 atom stereocenters. The number of hydrazone groups is 1. The zero-order valence-electron chi connectivity index (χ0n) is 17.2. The molecule has 0 aliphatic rings. The molecule has 0 radical (unpaired) electrons. The second kappa shape index (κ2) is 11.0. The number of halogens is 1. The summed E-state index contributed by atoms with van der Waals surface area (Å²) in [4.78, 5) is 36.1. The molecule has 32 heavy (non-hydrogen) atoms. The highest BCUT2D eigenvalue weighted by Gasteiger charge is 2.09. The van der Waals surface area contributed by atoms with Crippen LogP contribution in [0.3, 0.4) is 0 Å². The third kappa shape index (κ3) is 6.88. The first-order valence-corrected chi connectivity index (χ1v) is 10.4. The van der Waals surface area contributed by atoms with Crippen molar-refractivity contribution in [1.82, 2.24) is 10.7 Å². The SMILES string of the molecule is Cc1cccc(C(=O)NCC(=O)N/N=C/c2ccc(OC(=O)c3cccc(Br)c3)cc2)c1. The van der Waals surface area contributed by atoms with Crippen LogP contribution in [0, 0.1) is 6.92 Å². The van der Waals surface area contributed by atoms with Crippen LogP contribution in [0.25, 0.3) is 0 Å². The Kier molecular flexibility index (Phi) is 7.88. The lowest BCUT2D eigenvalue weighted by Gasteiger charge is -2.05. The van der Waals surface area contributed by atoms with Gasteiger partial charge >= 0.3 is 5.97 Å². The van der Waals surface area contributed by atoms with Crippen molar-refractivity contribution in [2.75, 3.05) is 6.54 Å². The second-order valence-corrected chi connectivity index (χ2v) is 7.73. The Morgan fingerprint density at radius 3 is 2.41 bits per heavy atom. The Morgan fingerprint density at radius 2 is 1.69 bits per heavy atom. The summed E-state index contributed by atoms with van der Waals surface area (Å²) in [6.45, 7) is 1.69. The van der Waals surface area contributed by atoms with Crippen molar-refractivity contribution in [3.05, 3.63) is 99.5 Å². The molecule has 0 fully saturated rings. The lowest BCUT2D eigenvalue weighted by atomic mass is 10.1. The lowest BCUT2D eigenvalue weighted by molar-refractivity contribution is -0.120. The molecule has 0 aromatic heterocycles. The van der Waals surface area contributed by atoms with Gasteiger partial charge in [0.1, 0.15) is 5.75 Å². The van der Waals surface area contributed by atoms with Crippen LogP contribution in [0.15, 0.2) is 82.4 Å². The minimum absolute atomic E-state index is 0.200. The Balaban J connectivity index is 1.45. The van der Waals surface area contributed by atoms with Gasteiger partial charge in [0.05, 0.1) is 18.3 Å². The molecule has 0 saturated heterocycles. The van der Waals surface area contributed by atoms with Crippen molar-refractivity contribution < 1.29 is 19.1 Å². The molecule has 2 N–H and O–H groups in total. The fourth-order valence-corrected chi connectivity index (χ4v) is 3.07. The average molecular weight is 494 g/mol. The summed E-state index contributed by atoms with van der Waals surface area (Å²) < 4.78 is 6.12. The van der Waals surface area contributed by atoms with Crippen molar-refractivity contribution in [3.63, 3.8) is 0 Å². The summed E-state index contributed by atoms with van der Waals surface area (Å²) in [6.07, 6.45) is 1.44. The van der Waals surface area contributed by atoms with Gasteiger partial charge in [-0.2, -0.15) is 5.10 Å². The first kappa shape index (κ1) is 22.9. The van der Waals surface area contributed by atoms with E-state index in [1.54, 1.807) is 60.7 Å². The van der Waals surface area contributed by atoms with Crippen LogP contribution in [0.2, 0.25) is 0 Å². The summed E-state index contributed by atoms with van der Waals surface area (Å²) in [6, 6.07) is 20.6. The molecule has 3 aromatic carbocycles. The van der Waals surface area contributed by atoms with Crippen molar-refractivity contribution in [2.24, 2.45) is 5.10 Å². The van der Waals surface area contributed by atoms with E-state index in [1.165, 1.54) is 6.21 Å². The van der Waals surface area contributed by atoms with Gasteiger partial charge in [0.15, 0.2) is 0 Å². The molecule has 7 nitrogen and oxygen atoms in total. The number of hydrogen-bond donors (Lipinski definition) is 2. The number of esters is 1. The second-order valence-electron chi connectivity index (χ2n) is 6.81. The van der Waals surface area contributed by atoms with E-state index in [9.17, 15) is 14.4 Å². The number of carbonyl (C=O) groups excluding carboxylic acids is 3. The van der Waals surface area contributed by atoms with Gasteiger partial charge in [-0.25, -0.2) is 10.2 Å². The number of amides is 2. The largest absolute Gasteiger partial charge is 0.423 e. The van der Waals surface area contributed by atoms with E-state index in [4.69, 9.17) is 4.74 Å². The molecule has 2 amide bonds. The van der Waals surface area contributed by atoms with Gasteiger partial charge < -0.3 is 10.1 Å². The monoisotopic (exact) mass is 493 g/mol. The zero-order valence-corrected chi connectivity index (χ0v) is 18.8. The van der Waals surface area contributed by atoms with Crippen LogP contribution >= 0.6 is 15.9 Å². The number of rotatable bonds is 7. The van der Waals surface area contributed by atoms with Crippen molar-refractivity contribution in [1.29, 1.82) is 0 Å². The Bertz CT molecular complexity index is 1160. The molecule has 0 saturated carbocycles. The number of aryl methyl sites for hydroxylation is 1. The van der Waals surface area contributed by atoms with Gasteiger partial charge in [0.25, 0.3) is 11.8 Å². The zero-order chi connectivity index (χ0) is 22.9. The highest BCUT2D eigenvalue weighted by atomic mass is 79.9. The molecule has 162 valence electrons. The van der Waals surface area contributed by atoms with Crippen LogP contribution in [-0.4, -0.2) is 30.5 Å². The smallest absolute Gasteiger partial charge is 0.343 e. The van der Waals surface area contributed by atoms with E-state index >= 15 is 0 Å². The van der Waals surface area contributed by atoms with E-state index in [2.05, 4.69) is 31.8 Å². The van der Waals surface area contributed by atoms with Crippen LogP contribution in [-0.2, 0) is 4.79 Å². The molecule has 3 aromatic rings. The quantitative estimate of drug-likeness (QED) is 0.226. The molecule has 0 heterocycles. The van der Waals surface area contributed by atoms with E-state index in [-0.39, 0.29) is 12.5 Å². The molecular formula is C24H20BrN3O4. The van der Waals surface area contributed by atoms with Gasteiger partial charge in [0, 0.05) is 10.0 Å². The fraction of sp³-hybridized carbons (Fsp3) is 0.0833. The molecule has 3 rings (SSSR count). The van der Waals surface area contributed by atoms with E-state index < -0.39 is 11.9 Å². The van der Waals surface area contributed by atoms with Gasteiger partial charge in [-0.3, -0.25) is 9.59 Å². The number of nitrogens with one attached hydrogen (secondary N) is 2. The molecule has 0 spiro atoms. The minimum Gasteiger partial charge on any atom is -0.423 e. The van der Waals surface area contributed by atoms with Gasteiger partial charge in [0.2, 0.25) is 0 Å². The number of hydrogen-bond acceptors (Lipinski definition) is 5. The Hall–Kier alpha value is -3.78. The molecule has 0 bridgehead atoms. The number of nitrogens with zero attached hydrogens (tertiary/aromatic N) is 1. The third-order valence-electron chi connectivity index (χ3n) is 4.24. The molecule has 8 heteroatoms. The summed E-state index contributed by atoms with van der Waals surface area (Å²) in [5.41, 5.74) is 4.92. The van der Waals surface area contributed by atoms with Crippen molar-refractivity contribution in [2.45, 2.75) is 6.92 Å². The van der Waals surface area contributed by atoms with Gasteiger partial charge in [-0.05, 0) is 67.1 Å². The predicted molar refractivity (Wildman–Crippen MR) is 125 cm³/mol. The number of benzene rings is 3. The summed E-state index contributed by atoms with van der Waals surface area (Å²) in [5, 5.41) is 6.41. The topological polar surface area (TPSA) is 96.9 Å². The third-order valence-corrected chi connectivity index (χ3v) is 4.74. The van der Waals surface area contributed by atoms with Gasteiger partial charge in [-0.1, -0.05) is 39.7 Å². The highest BCUT2D eigenvalue weighted by molar-refractivity contribution is 9.10. The van der Waals surface area contributed by atoms with Crippen molar-refractivity contribution >= 4 is 39.9 Å². The predicted octanol–water partition coefficient (Wildman–Crippen LogP) is 3.86. The maximum absolute atomic E-state index is 12.2. The summed E-state index contributed by atoms with van der Waals surface area (Å²) in [5.74, 6) is -0.870. The normalized spacial score (nSPS) is 10.6. The van der Waals surface area contributed by atoms with E-state index in [0.29, 0.717) is 22.4 Å². The van der Waals surface area contributed by atoms with Crippen molar-refractivity contribution in [3.8, 4) is 5.75 Å². The molecule has 0 unspecified atom stereocenters. The Morgan fingerprint density at radius 1 is 0.969 bits per heavy atom. The summed E-state index contributed by atoms with van der Waals surface area (Å²) >= 11 is 3.32. The van der Waals surface area contributed by atoms with E-state index in [0.717, 1.165) is 10.0 Å². The van der Waals surface area contributed by atoms with Crippen LogP contribution in [0.1, 0.15) is 31.8 Å². The lowest BCUT2D eigenvalue weighted by Crippen LogP contribution is -2.34. The summed E-state index contributed by atoms with van der Waals surface area (Å²) in [7, 11) is 0. The molecule has 0 aliphatic carbocycles. The fourth-order valence-electron chi connectivity index (χ4n) is 2.67. The highest BCUT2D eigenvalue weighted by Crippen LogP contribution is 2.16. The first-order chi connectivity index (χ1) is 15.4. The maximum Gasteiger partial charge on any atom is 0.343 e. The van der Waals surface area contributed by atoms with E-state index in [1.807, 2.05) is 19.1 Å². The van der Waals surface area contributed by atoms with Crippen LogP contribution in [0.5, 0.6) is 5.75 Å². The van der Waals surface area contributed by atoms with Crippen LogP contribution < -0.4 is 15.5 Å². The average Bonchev–Trinajstić information content (AvgIpc) is 2.78.